The molecular weight excluding hydrogens is 242 g/mol. The second kappa shape index (κ2) is 5.20. The molecule has 1 N–H and O–H groups in total. The predicted molar refractivity (Wildman–Crippen MR) is 70.8 cm³/mol. The van der Waals surface area contributed by atoms with Crippen LogP contribution in [0.5, 0.6) is 5.75 Å². The van der Waals surface area contributed by atoms with E-state index in [1.807, 2.05) is 31.2 Å². The molecule has 0 aliphatic carbocycles. The lowest BCUT2D eigenvalue weighted by atomic mass is 9.67. The maximum atomic E-state index is 10.8. The van der Waals surface area contributed by atoms with E-state index < -0.39 is 11.0 Å². The summed E-state index contributed by atoms with van der Waals surface area (Å²) in [6.45, 7) is 2.18. The van der Waals surface area contributed by atoms with Crippen LogP contribution >= 0.6 is 0 Å². The second-order valence-corrected chi connectivity index (χ2v) is 5.09. The molecule has 4 nitrogen and oxygen atoms in total. The van der Waals surface area contributed by atoms with Gasteiger partial charge in [0.25, 0.3) is 0 Å². The molecule has 1 aliphatic heterocycles. The van der Waals surface area contributed by atoms with Crippen LogP contribution in [-0.4, -0.2) is 31.0 Å². The summed E-state index contributed by atoms with van der Waals surface area (Å²) < 4.78 is 10.8. The third kappa shape index (κ3) is 2.20. The van der Waals surface area contributed by atoms with Crippen LogP contribution in [0.25, 0.3) is 0 Å². The number of nitrogens with zero attached hydrogens (tertiary/aromatic N) is 1. The first-order valence-corrected chi connectivity index (χ1v) is 6.44. The summed E-state index contributed by atoms with van der Waals surface area (Å²) in [5.41, 5.74) is -1.21. The SMILES string of the molecule is CCC(O)(COC)C1(C#N)COc2ccccc2C1. The monoisotopic (exact) mass is 261 g/mol. The molecule has 4 heteroatoms. The van der Waals surface area contributed by atoms with Gasteiger partial charge in [-0.15, -0.1) is 0 Å². The molecule has 1 aromatic rings. The highest BCUT2D eigenvalue weighted by atomic mass is 16.5. The van der Waals surface area contributed by atoms with E-state index in [4.69, 9.17) is 9.47 Å². The number of para-hydroxylation sites is 1. The molecule has 0 aromatic heterocycles. The summed E-state index contributed by atoms with van der Waals surface area (Å²) in [7, 11) is 1.53. The van der Waals surface area contributed by atoms with Gasteiger partial charge in [0, 0.05) is 13.5 Å². The van der Waals surface area contributed by atoms with Crippen molar-refractivity contribution >= 4 is 0 Å². The third-order valence-electron chi connectivity index (χ3n) is 4.01. The number of fused-ring (bicyclic) bond motifs is 1. The van der Waals surface area contributed by atoms with Crippen molar-refractivity contribution in [2.24, 2.45) is 5.41 Å². The summed E-state index contributed by atoms with van der Waals surface area (Å²) >= 11 is 0. The van der Waals surface area contributed by atoms with Crippen molar-refractivity contribution in [1.82, 2.24) is 0 Å². The van der Waals surface area contributed by atoms with Crippen LogP contribution in [0.15, 0.2) is 24.3 Å². The Balaban J connectivity index is 2.39. The maximum Gasteiger partial charge on any atom is 0.126 e. The topological polar surface area (TPSA) is 62.5 Å². The Morgan fingerprint density at radius 3 is 2.89 bits per heavy atom. The van der Waals surface area contributed by atoms with Crippen molar-refractivity contribution in [1.29, 1.82) is 5.26 Å². The van der Waals surface area contributed by atoms with Gasteiger partial charge in [-0.05, 0) is 18.1 Å². The fourth-order valence-corrected chi connectivity index (χ4v) is 2.66. The standard InChI is InChI=1S/C15H19NO3/c1-3-15(17,11-18-2)14(9-16)8-12-6-4-5-7-13(12)19-10-14/h4-7,17H,3,8,10-11H2,1-2H3. The Labute approximate surface area is 113 Å². The molecule has 0 spiro atoms. The van der Waals surface area contributed by atoms with Crippen molar-refractivity contribution < 1.29 is 14.6 Å². The Morgan fingerprint density at radius 2 is 2.26 bits per heavy atom. The molecule has 1 aromatic carbocycles. The Kier molecular flexibility index (Phi) is 3.79. The molecule has 1 heterocycles. The Bertz CT molecular complexity index is 496. The molecular formula is C15H19NO3. The number of methoxy groups -OCH3 is 1. The first kappa shape index (κ1) is 13.9. The lowest BCUT2D eigenvalue weighted by Gasteiger charge is -2.44. The summed E-state index contributed by atoms with van der Waals surface area (Å²) in [5, 5.41) is 20.4. The molecule has 0 saturated heterocycles. The molecule has 2 atom stereocenters. The molecule has 0 bridgehead atoms. The number of aliphatic hydroxyl groups is 1. The zero-order valence-electron chi connectivity index (χ0n) is 11.3. The lowest BCUT2D eigenvalue weighted by Crippen LogP contribution is -2.56. The minimum absolute atomic E-state index is 0.128. The molecule has 1 aliphatic rings. The van der Waals surface area contributed by atoms with E-state index in [-0.39, 0.29) is 13.2 Å². The van der Waals surface area contributed by atoms with Crippen LogP contribution in [0.1, 0.15) is 18.9 Å². The second-order valence-electron chi connectivity index (χ2n) is 5.09. The fourth-order valence-electron chi connectivity index (χ4n) is 2.66. The quantitative estimate of drug-likeness (QED) is 0.899. The Morgan fingerprint density at radius 1 is 1.53 bits per heavy atom. The zero-order valence-corrected chi connectivity index (χ0v) is 11.3. The number of hydrogen-bond donors (Lipinski definition) is 1. The van der Waals surface area contributed by atoms with Gasteiger partial charge >= 0.3 is 0 Å². The van der Waals surface area contributed by atoms with Crippen LogP contribution in [0.2, 0.25) is 0 Å². The van der Waals surface area contributed by atoms with Crippen LogP contribution in [-0.2, 0) is 11.2 Å². The number of hydrogen-bond acceptors (Lipinski definition) is 4. The van der Waals surface area contributed by atoms with Gasteiger partial charge < -0.3 is 14.6 Å². The van der Waals surface area contributed by atoms with E-state index in [9.17, 15) is 10.4 Å². The van der Waals surface area contributed by atoms with Crippen molar-refractivity contribution in [2.45, 2.75) is 25.4 Å². The van der Waals surface area contributed by atoms with Crippen LogP contribution in [0, 0.1) is 16.7 Å². The Hall–Kier alpha value is -1.57. The normalized spacial score (nSPS) is 24.7. The van der Waals surface area contributed by atoms with E-state index in [0.29, 0.717) is 12.8 Å². The molecule has 2 unspecified atom stereocenters. The van der Waals surface area contributed by atoms with Gasteiger partial charge in [-0.3, -0.25) is 0 Å². The smallest absolute Gasteiger partial charge is 0.126 e. The molecule has 0 saturated carbocycles. The van der Waals surface area contributed by atoms with E-state index in [0.717, 1.165) is 11.3 Å². The van der Waals surface area contributed by atoms with E-state index in [1.165, 1.54) is 7.11 Å². The van der Waals surface area contributed by atoms with Crippen molar-refractivity contribution in [3.63, 3.8) is 0 Å². The minimum atomic E-state index is -1.20. The van der Waals surface area contributed by atoms with Crippen molar-refractivity contribution in [3.05, 3.63) is 29.8 Å². The maximum absolute atomic E-state index is 10.8. The van der Waals surface area contributed by atoms with Gasteiger partial charge in [0.15, 0.2) is 0 Å². The number of benzene rings is 1. The zero-order chi connectivity index (χ0) is 13.9. The van der Waals surface area contributed by atoms with E-state index in [1.54, 1.807) is 0 Å². The van der Waals surface area contributed by atoms with Gasteiger partial charge in [-0.2, -0.15) is 5.26 Å². The van der Waals surface area contributed by atoms with Crippen LogP contribution in [0.4, 0.5) is 0 Å². The highest BCUT2D eigenvalue weighted by Crippen LogP contribution is 2.43. The number of ether oxygens (including phenoxy) is 2. The molecule has 19 heavy (non-hydrogen) atoms. The van der Waals surface area contributed by atoms with Crippen LogP contribution < -0.4 is 4.74 Å². The highest BCUT2D eigenvalue weighted by molar-refractivity contribution is 5.38. The average Bonchev–Trinajstić information content (AvgIpc) is 2.46. The third-order valence-corrected chi connectivity index (χ3v) is 4.01. The molecule has 0 amide bonds. The van der Waals surface area contributed by atoms with Gasteiger partial charge in [0.05, 0.1) is 12.7 Å². The lowest BCUT2D eigenvalue weighted by molar-refractivity contribution is -0.121. The fraction of sp³-hybridized carbons (Fsp3) is 0.533. The average molecular weight is 261 g/mol. The van der Waals surface area contributed by atoms with Gasteiger partial charge in [0.1, 0.15) is 23.4 Å². The predicted octanol–water partition coefficient (Wildman–Crippen LogP) is 1.92. The van der Waals surface area contributed by atoms with Crippen molar-refractivity contribution in [2.75, 3.05) is 20.3 Å². The van der Waals surface area contributed by atoms with Crippen LogP contribution in [0.3, 0.4) is 0 Å². The number of rotatable bonds is 4. The van der Waals surface area contributed by atoms with Gasteiger partial charge in [0.2, 0.25) is 0 Å². The van der Waals surface area contributed by atoms with Gasteiger partial charge in [-0.1, -0.05) is 25.1 Å². The number of nitriles is 1. The van der Waals surface area contributed by atoms with E-state index >= 15 is 0 Å². The van der Waals surface area contributed by atoms with Gasteiger partial charge in [-0.25, -0.2) is 0 Å². The molecule has 0 fully saturated rings. The highest BCUT2D eigenvalue weighted by Gasteiger charge is 2.52. The molecule has 0 radical (unpaired) electrons. The molecule has 2 rings (SSSR count). The summed E-state index contributed by atoms with van der Waals surface area (Å²) in [6.07, 6.45) is 0.924. The summed E-state index contributed by atoms with van der Waals surface area (Å²) in [5.74, 6) is 0.796. The molecule has 102 valence electrons. The summed E-state index contributed by atoms with van der Waals surface area (Å²) in [6, 6.07) is 9.92. The summed E-state index contributed by atoms with van der Waals surface area (Å²) in [4.78, 5) is 0. The largest absolute Gasteiger partial charge is 0.492 e. The first-order chi connectivity index (χ1) is 9.11. The minimum Gasteiger partial charge on any atom is -0.492 e. The first-order valence-electron chi connectivity index (χ1n) is 6.44. The van der Waals surface area contributed by atoms with Crippen molar-refractivity contribution in [3.8, 4) is 11.8 Å². The van der Waals surface area contributed by atoms with E-state index in [2.05, 4.69) is 6.07 Å².